The van der Waals surface area contributed by atoms with Gasteiger partial charge in [-0.15, -0.1) is 0 Å². The number of carboxylic acids is 5. The summed E-state index contributed by atoms with van der Waals surface area (Å²) in [6, 6.07) is 0. The highest BCUT2D eigenvalue weighted by Gasteiger charge is 2.67. The molecule has 3 aliphatic heterocycles. The number of hydrogen-bond acceptors (Lipinski definition) is 25. The molecule has 1 N–H and O–H groups in total. The van der Waals surface area contributed by atoms with Gasteiger partial charge in [0.2, 0.25) is 0 Å². The van der Waals surface area contributed by atoms with E-state index in [1.165, 1.54) is 0 Å². The minimum absolute atomic E-state index is 0.0160. The molecule has 0 aromatic heterocycles. The van der Waals surface area contributed by atoms with Crippen molar-refractivity contribution >= 4 is 71.4 Å². The summed E-state index contributed by atoms with van der Waals surface area (Å²) >= 11 is 0. The summed E-state index contributed by atoms with van der Waals surface area (Å²) in [5.41, 5.74) is -3.47. The third kappa shape index (κ3) is 20.1. The smallest absolute Gasteiger partial charge is 0.323 e. The van der Waals surface area contributed by atoms with Crippen LogP contribution in [0.3, 0.4) is 0 Å². The van der Waals surface area contributed by atoms with Crippen LogP contribution >= 0.6 is 0 Å². The van der Waals surface area contributed by atoms with Gasteiger partial charge in [-0.1, -0.05) is 69.2 Å². The van der Waals surface area contributed by atoms with Crippen molar-refractivity contribution in [3.05, 3.63) is 0 Å². The number of rotatable bonds is 30. The summed E-state index contributed by atoms with van der Waals surface area (Å²) in [7, 11) is 0. The van der Waals surface area contributed by atoms with Gasteiger partial charge in [0.25, 0.3) is 0 Å². The number of aliphatic hydroxyl groups is 1. The van der Waals surface area contributed by atoms with Crippen molar-refractivity contribution in [1.82, 2.24) is 0 Å². The lowest BCUT2D eigenvalue weighted by Gasteiger charge is -2.58. The van der Waals surface area contributed by atoms with Gasteiger partial charge < -0.3 is 87.8 Å². The third-order valence-electron chi connectivity index (χ3n) is 27.6. The Morgan fingerprint density at radius 2 is 0.731 bits per heavy atom. The highest BCUT2D eigenvalue weighted by Crippen LogP contribution is 2.65. The molecule has 35 heteroatoms. The number of ketones is 1. The zero-order chi connectivity index (χ0) is 88.5. The quantitative estimate of drug-likeness (QED) is 0.0417. The van der Waals surface area contributed by atoms with E-state index in [9.17, 15) is 132 Å². The molecule has 25 nitrogen and oxygen atoms in total. The number of carboxylic acid groups (broad SMARTS) is 5. The van der Waals surface area contributed by atoms with Crippen LogP contribution in [0.1, 0.15) is 243 Å². The van der Waals surface area contributed by atoms with Crippen molar-refractivity contribution in [2.24, 2.45) is 123 Å². The molecule has 0 radical (unpaired) electrons. The summed E-state index contributed by atoms with van der Waals surface area (Å²) in [6.45, 7) is 16.5. The molecular formula is C84H111F10O25-5. The molecule has 17 rings (SSSR count). The highest BCUT2D eigenvalue weighted by atomic mass is 19.3. The maximum Gasteiger partial charge on any atom is 0.323 e. The van der Waals surface area contributed by atoms with Crippen molar-refractivity contribution in [3.8, 4) is 0 Å². The Balaban J connectivity index is 0.000000157. The van der Waals surface area contributed by atoms with Gasteiger partial charge >= 0.3 is 65.4 Å². The van der Waals surface area contributed by atoms with Crippen LogP contribution in [0.2, 0.25) is 0 Å². The minimum atomic E-state index is -4.28. The first kappa shape index (κ1) is 94.3. The third-order valence-corrected chi connectivity index (χ3v) is 27.6. The largest absolute Gasteiger partial charge is 0.544 e. The standard InChI is InChI=1S/C18H26F2O5.C18H24F2O5.C18H26F2O4.C16H20F2O6.C14H20F2O5/c1-10(2)3-13(18(19,20)14(21)22)25-15(23)16-5-11-4-12(6-16)8-17(24,7-11)9-16;1-9(2)3-13(18(19,20)15(22)23)25-16(24)17-6-10-4-11(7-17)14(21)12(5-10)8-17;1-10(2)3-14(18(19,20)15(21)22)24-16(23)17-7-11-4-12(8-17)6-13(5-11)9-17;1-6(2)3-10(16(17,18)15(21)22)24-13(19)11-7-4-8-9(5-7)23-14(20)12(8)11;1-7(2)5-11(14(15,16)13(18)19)21-12(17)9-6-8-3-4-10(9)20-8/h10-13,24H,3-9H2,1-2H3,(H,21,22);9-13H,3-8H2,1-2H3,(H,22,23);10-14H,3-9H2,1-2H3,(H,21,22);6-12H,3-5H2,1-2H3,(H,21,22);7-11H,3-6H2,1-2H3,(H,18,19)/p-5. The second-order valence-electron chi connectivity index (χ2n) is 39.6. The van der Waals surface area contributed by atoms with Crippen LogP contribution in [-0.4, -0.2) is 161 Å². The number of fused-ring (bicyclic) bond motifs is 3. The summed E-state index contributed by atoms with van der Waals surface area (Å²) in [6.07, 6.45) is 2.92. The molecule has 672 valence electrons. The van der Waals surface area contributed by atoms with Crippen LogP contribution in [0.25, 0.3) is 0 Å². The van der Waals surface area contributed by atoms with E-state index in [0.717, 1.165) is 44.9 Å². The fourth-order valence-electron chi connectivity index (χ4n) is 23.4. The number of esters is 6. The van der Waals surface area contributed by atoms with Gasteiger partial charge in [0.05, 0.1) is 51.8 Å². The highest BCUT2D eigenvalue weighted by molar-refractivity contribution is 5.90. The zero-order valence-electron chi connectivity index (χ0n) is 68.6. The van der Waals surface area contributed by atoms with E-state index in [2.05, 4.69) is 0 Å². The topological polar surface area (TPSA) is 405 Å². The fourth-order valence-corrected chi connectivity index (χ4v) is 23.4. The number of halogens is 10. The fraction of sp³-hybridized carbons (Fsp3) is 0.857. The number of ether oxygens (including phenoxy) is 7. The number of hydrogen-bond donors (Lipinski definition) is 1. The van der Waals surface area contributed by atoms with Crippen LogP contribution in [0.15, 0.2) is 0 Å². The second-order valence-corrected chi connectivity index (χ2v) is 39.6. The minimum Gasteiger partial charge on any atom is -0.544 e. The summed E-state index contributed by atoms with van der Waals surface area (Å²) in [5.74, 6) is -39.9. The summed E-state index contributed by atoms with van der Waals surface area (Å²) in [5, 5.41) is 64.5. The second kappa shape index (κ2) is 35.4. The van der Waals surface area contributed by atoms with Gasteiger partial charge in [0, 0.05) is 17.8 Å². The van der Waals surface area contributed by atoms with E-state index in [0.29, 0.717) is 108 Å². The Hall–Kier alpha value is -6.94. The van der Waals surface area contributed by atoms with E-state index in [-0.39, 0.29) is 134 Å². The number of carbonyl (C=O) groups is 12. The predicted octanol–water partition coefficient (Wildman–Crippen LogP) is 7.36. The van der Waals surface area contributed by atoms with E-state index in [1.54, 1.807) is 69.2 Å². The Bertz CT molecular complexity index is 3730. The van der Waals surface area contributed by atoms with Gasteiger partial charge in [-0.25, -0.2) is 0 Å². The lowest BCUT2D eigenvalue weighted by molar-refractivity contribution is -0.338. The lowest BCUT2D eigenvalue weighted by Crippen LogP contribution is -2.60. The van der Waals surface area contributed by atoms with Crippen LogP contribution in [0.5, 0.6) is 0 Å². The average Bonchev–Trinajstić information content (AvgIpc) is 1.71. The number of Topliss-reactive ketones (excluding diaryl/α,β-unsaturated/α-hetero) is 1. The molecule has 17 unspecified atom stereocenters. The van der Waals surface area contributed by atoms with Crippen LogP contribution in [0.4, 0.5) is 43.9 Å². The van der Waals surface area contributed by atoms with Gasteiger partial charge in [0.1, 0.15) is 41.7 Å². The molecule has 119 heavy (non-hydrogen) atoms. The van der Waals surface area contributed by atoms with Crippen molar-refractivity contribution in [3.63, 3.8) is 0 Å². The monoisotopic (exact) mass is 1710 g/mol. The SMILES string of the molecule is CC(C)CC(OC(=O)C12CC3CC(C1)C(=O)C(C3)C2)C(F)(F)C(=O)[O-].CC(C)CC(OC(=O)C12CC3CC(CC(C3)C1)C2)C(F)(F)C(=O)[O-].CC(C)CC(OC(=O)C12CC3CC(CC(O)(C3)C1)C2)C(F)(F)C(=O)[O-].CC(C)CC(OC(=O)C1C2CC3OC(=O)C1C3C2)C(F)(F)C(=O)[O-].CC(C)CC(OC(=O)C1CC2CCC1O2)C(F)(F)C(=O)[O-]. The van der Waals surface area contributed by atoms with Gasteiger partial charge in [-0.2, -0.15) is 43.9 Å². The number of carbonyl (C=O) groups excluding carboxylic acids is 12. The molecule has 0 amide bonds. The Morgan fingerprint density at radius 3 is 1.07 bits per heavy atom. The lowest BCUT2D eigenvalue weighted by atomic mass is 9.48. The van der Waals surface area contributed by atoms with Gasteiger partial charge in [0.15, 0.2) is 30.5 Å². The van der Waals surface area contributed by atoms with E-state index >= 15 is 0 Å². The van der Waals surface area contributed by atoms with Crippen LogP contribution < -0.4 is 25.5 Å². The van der Waals surface area contributed by atoms with E-state index < -0.39 is 165 Å². The molecule has 17 atom stereocenters. The molecule has 17 aliphatic rings. The molecule has 3 heterocycles. The average molecular weight is 1710 g/mol. The predicted molar refractivity (Wildman–Crippen MR) is 379 cm³/mol. The molecule has 3 saturated heterocycles. The summed E-state index contributed by atoms with van der Waals surface area (Å²) < 4.78 is 175. The molecule has 0 spiro atoms. The van der Waals surface area contributed by atoms with Crippen LogP contribution in [0, 0.1) is 123 Å². The molecule has 14 aliphatic carbocycles. The molecule has 0 aromatic rings. The van der Waals surface area contributed by atoms with Crippen LogP contribution in [-0.2, 0) is 90.7 Å². The Labute approximate surface area is 683 Å². The van der Waals surface area contributed by atoms with Crippen molar-refractivity contribution in [1.29, 1.82) is 0 Å². The maximum atomic E-state index is 14.0. The first-order valence-corrected chi connectivity index (χ1v) is 42.1. The summed E-state index contributed by atoms with van der Waals surface area (Å²) in [4.78, 5) is 141. The molecule has 14 saturated carbocycles. The molecule has 17 fully saturated rings. The van der Waals surface area contributed by atoms with Gasteiger partial charge in [-0.05, 0) is 244 Å². The normalized spacial score (nSPS) is 34.9. The molecular weight excluding hydrogens is 1600 g/mol. The molecule has 0 aromatic carbocycles. The van der Waals surface area contributed by atoms with Gasteiger partial charge in [-0.3, -0.25) is 33.6 Å². The Morgan fingerprint density at radius 1 is 0.403 bits per heavy atom. The molecule has 16 bridgehead atoms. The van der Waals surface area contributed by atoms with Crippen molar-refractivity contribution < 1.29 is 165 Å². The van der Waals surface area contributed by atoms with Crippen molar-refractivity contribution in [2.75, 3.05) is 0 Å². The zero-order valence-corrected chi connectivity index (χ0v) is 68.6. The van der Waals surface area contributed by atoms with E-state index in [4.69, 9.17) is 33.2 Å². The first-order chi connectivity index (χ1) is 55.0. The first-order valence-electron chi connectivity index (χ1n) is 42.1. The van der Waals surface area contributed by atoms with Crippen molar-refractivity contribution in [2.45, 2.75) is 327 Å². The van der Waals surface area contributed by atoms with E-state index in [1.807, 2.05) is 0 Å². The number of alkyl halides is 10. The maximum absolute atomic E-state index is 14.0. The number of aliphatic carboxylic acids is 5. The Kier molecular flexibility index (Phi) is 28.0.